The van der Waals surface area contributed by atoms with Gasteiger partial charge in [-0.15, -0.1) is 21.5 Å². The minimum atomic E-state index is 0.240. The number of benzene rings is 1. The second kappa shape index (κ2) is 8.13. The number of thiophene rings is 1. The van der Waals surface area contributed by atoms with Crippen LogP contribution in [0.5, 0.6) is 0 Å². The number of thioether (sulfide) groups is 1. The molecule has 0 amide bonds. The molecule has 1 atom stereocenters. The topological polar surface area (TPSA) is 39.9 Å². The van der Waals surface area contributed by atoms with Gasteiger partial charge in [0.25, 0.3) is 0 Å². The zero-order chi connectivity index (χ0) is 17.9. The lowest BCUT2D eigenvalue weighted by Gasteiger charge is -2.14. The summed E-state index contributed by atoms with van der Waals surface area (Å²) in [4.78, 5) is 1.27. The molecule has 0 saturated carbocycles. The summed E-state index contributed by atoms with van der Waals surface area (Å²) in [5.41, 5.74) is 2.24. The van der Waals surface area contributed by atoms with Gasteiger partial charge in [0.2, 0.25) is 0 Å². The first-order chi connectivity index (χ1) is 12.7. The maximum Gasteiger partial charge on any atom is 0.191 e. The number of aryl methyl sites for hydroxylation is 1. The molecule has 1 fully saturated rings. The number of aromatic nitrogens is 3. The van der Waals surface area contributed by atoms with Crippen molar-refractivity contribution >= 4 is 34.7 Å². The van der Waals surface area contributed by atoms with Crippen LogP contribution in [0.2, 0.25) is 5.02 Å². The van der Waals surface area contributed by atoms with E-state index in [4.69, 9.17) is 16.3 Å². The molecule has 7 heteroatoms. The Hall–Kier alpha value is -1.34. The molecule has 3 heterocycles. The van der Waals surface area contributed by atoms with Crippen LogP contribution in [0.15, 0.2) is 40.9 Å². The third-order valence-corrected chi connectivity index (χ3v) is 6.68. The molecule has 1 aliphatic heterocycles. The molecular weight excluding hydrogens is 386 g/mol. The van der Waals surface area contributed by atoms with Crippen molar-refractivity contribution in [2.24, 2.45) is 0 Å². The van der Waals surface area contributed by atoms with Crippen LogP contribution < -0.4 is 0 Å². The molecular formula is C19H20ClN3OS2. The monoisotopic (exact) mass is 405 g/mol. The van der Waals surface area contributed by atoms with Crippen molar-refractivity contribution in [1.82, 2.24) is 14.8 Å². The van der Waals surface area contributed by atoms with Crippen molar-refractivity contribution in [2.75, 3.05) is 6.61 Å². The molecule has 2 aromatic heterocycles. The van der Waals surface area contributed by atoms with Crippen molar-refractivity contribution in [3.63, 3.8) is 0 Å². The van der Waals surface area contributed by atoms with Gasteiger partial charge in [0.05, 0.1) is 12.6 Å². The van der Waals surface area contributed by atoms with Crippen LogP contribution in [0.3, 0.4) is 0 Å². The molecule has 0 spiro atoms. The molecule has 0 bridgehead atoms. The maximum absolute atomic E-state index is 6.30. The van der Waals surface area contributed by atoms with Gasteiger partial charge in [0.1, 0.15) is 0 Å². The zero-order valence-corrected chi connectivity index (χ0v) is 16.9. The van der Waals surface area contributed by atoms with Crippen LogP contribution in [0.4, 0.5) is 0 Å². The highest BCUT2D eigenvalue weighted by Gasteiger charge is 2.22. The highest BCUT2D eigenvalue weighted by Crippen LogP contribution is 2.31. The van der Waals surface area contributed by atoms with Gasteiger partial charge in [-0.05, 0) is 37.5 Å². The minimum absolute atomic E-state index is 0.240. The Morgan fingerprint density at radius 3 is 2.96 bits per heavy atom. The SMILES string of the molecule is Cc1cc(-c2nnc(SCc3ccccc3Cl)n2CC2CCCO2)cs1. The van der Waals surface area contributed by atoms with E-state index in [1.54, 1.807) is 23.1 Å². The Bertz CT molecular complexity index is 887. The number of ether oxygens (including phenoxy) is 1. The van der Waals surface area contributed by atoms with E-state index < -0.39 is 0 Å². The summed E-state index contributed by atoms with van der Waals surface area (Å²) in [6.07, 6.45) is 2.46. The van der Waals surface area contributed by atoms with Gasteiger partial charge < -0.3 is 4.74 Å². The molecule has 4 nitrogen and oxygen atoms in total. The van der Waals surface area contributed by atoms with Crippen molar-refractivity contribution in [3.8, 4) is 11.4 Å². The van der Waals surface area contributed by atoms with Crippen LogP contribution in [-0.4, -0.2) is 27.5 Å². The second-order valence-electron chi connectivity index (χ2n) is 6.38. The van der Waals surface area contributed by atoms with Crippen molar-refractivity contribution in [1.29, 1.82) is 0 Å². The Labute approximate surface area is 166 Å². The van der Waals surface area contributed by atoms with Crippen LogP contribution in [0.1, 0.15) is 23.3 Å². The number of nitrogens with zero attached hydrogens (tertiary/aromatic N) is 3. The van der Waals surface area contributed by atoms with E-state index in [-0.39, 0.29) is 6.10 Å². The number of rotatable bonds is 6. The summed E-state index contributed by atoms with van der Waals surface area (Å²) in [6, 6.07) is 10.1. The first kappa shape index (κ1) is 18.0. The summed E-state index contributed by atoms with van der Waals surface area (Å²) >= 11 is 9.71. The van der Waals surface area contributed by atoms with E-state index in [2.05, 4.69) is 39.2 Å². The van der Waals surface area contributed by atoms with Crippen LogP contribution in [-0.2, 0) is 17.0 Å². The van der Waals surface area contributed by atoms with Gasteiger partial charge in [0, 0.05) is 33.2 Å². The fourth-order valence-corrected chi connectivity index (χ4v) is 5.00. The van der Waals surface area contributed by atoms with E-state index in [1.807, 2.05) is 18.2 Å². The van der Waals surface area contributed by atoms with E-state index in [1.165, 1.54) is 4.88 Å². The molecule has 0 N–H and O–H groups in total. The average molecular weight is 406 g/mol. The van der Waals surface area contributed by atoms with Crippen molar-refractivity contribution in [3.05, 3.63) is 51.2 Å². The predicted molar refractivity (Wildman–Crippen MR) is 108 cm³/mol. The lowest BCUT2D eigenvalue weighted by molar-refractivity contribution is 0.0953. The first-order valence-electron chi connectivity index (χ1n) is 8.67. The molecule has 0 aliphatic carbocycles. The molecule has 3 aromatic rings. The largest absolute Gasteiger partial charge is 0.376 e. The summed E-state index contributed by atoms with van der Waals surface area (Å²) < 4.78 is 8.06. The zero-order valence-electron chi connectivity index (χ0n) is 14.5. The summed E-state index contributed by atoms with van der Waals surface area (Å²) in [5.74, 6) is 1.69. The van der Waals surface area contributed by atoms with Crippen molar-refractivity contribution in [2.45, 2.75) is 43.3 Å². The predicted octanol–water partition coefficient (Wildman–Crippen LogP) is 5.44. The number of halogens is 1. The Morgan fingerprint density at radius 2 is 2.23 bits per heavy atom. The van der Waals surface area contributed by atoms with Gasteiger partial charge in [-0.25, -0.2) is 0 Å². The number of hydrogen-bond donors (Lipinski definition) is 0. The molecule has 1 unspecified atom stereocenters. The molecule has 1 aliphatic rings. The highest BCUT2D eigenvalue weighted by atomic mass is 35.5. The molecule has 4 rings (SSSR count). The fourth-order valence-electron chi connectivity index (χ4n) is 3.08. The third-order valence-electron chi connectivity index (χ3n) is 4.43. The standard InChI is InChI=1S/C19H20ClN3OS2/c1-13-9-15(12-25-13)18-21-22-19(23(18)10-16-6-4-8-24-16)26-11-14-5-2-3-7-17(14)20/h2-3,5,7,9,12,16H,4,6,8,10-11H2,1H3. The van der Waals surface area contributed by atoms with Crippen LogP contribution >= 0.6 is 34.7 Å². The second-order valence-corrected chi connectivity index (χ2v) is 8.84. The third kappa shape index (κ3) is 3.98. The van der Waals surface area contributed by atoms with Gasteiger partial charge in [-0.2, -0.15) is 0 Å². The fraction of sp³-hybridized carbons (Fsp3) is 0.368. The quantitative estimate of drug-likeness (QED) is 0.512. The summed E-state index contributed by atoms with van der Waals surface area (Å²) in [6.45, 7) is 3.76. The van der Waals surface area contributed by atoms with Gasteiger partial charge in [-0.3, -0.25) is 4.57 Å². The van der Waals surface area contributed by atoms with Crippen molar-refractivity contribution < 1.29 is 4.74 Å². The lowest BCUT2D eigenvalue weighted by atomic mass is 10.2. The van der Waals surface area contributed by atoms with E-state index in [9.17, 15) is 0 Å². The normalized spacial score (nSPS) is 17.1. The van der Waals surface area contributed by atoms with Gasteiger partial charge in [-0.1, -0.05) is 41.6 Å². The Balaban J connectivity index is 1.60. The van der Waals surface area contributed by atoms with Crippen LogP contribution in [0.25, 0.3) is 11.4 Å². The molecule has 0 radical (unpaired) electrons. The smallest absolute Gasteiger partial charge is 0.191 e. The average Bonchev–Trinajstić information content (AvgIpc) is 3.37. The van der Waals surface area contributed by atoms with Crippen LogP contribution in [0, 0.1) is 6.92 Å². The number of hydrogen-bond acceptors (Lipinski definition) is 5. The first-order valence-corrected chi connectivity index (χ1v) is 10.9. The highest BCUT2D eigenvalue weighted by molar-refractivity contribution is 7.98. The van der Waals surface area contributed by atoms with E-state index >= 15 is 0 Å². The Morgan fingerprint density at radius 1 is 1.35 bits per heavy atom. The minimum Gasteiger partial charge on any atom is -0.376 e. The lowest BCUT2D eigenvalue weighted by Crippen LogP contribution is -2.16. The molecule has 1 saturated heterocycles. The maximum atomic E-state index is 6.30. The molecule has 26 heavy (non-hydrogen) atoms. The van der Waals surface area contributed by atoms with E-state index in [0.717, 1.165) is 58.9 Å². The Kier molecular flexibility index (Phi) is 5.64. The van der Waals surface area contributed by atoms with E-state index in [0.29, 0.717) is 0 Å². The summed E-state index contributed by atoms with van der Waals surface area (Å²) in [5, 5.41) is 12.8. The van der Waals surface area contributed by atoms with Gasteiger partial charge >= 0.3 is 0 Å². The molecule has 1 aromatic carbocycles. The summed E-state index contributed by atoms with van der Waals surface area (Å²) in [7, 11) is 0. The van der Waals surface area contributed by atoms with Gasteiger partial charge in [0.15, 0.2) is 11.0 Å². The molecule has 136 valence electrons.